The number of benzene rings is 2. The SMILES string of the molecule is CCCCCCCCc1cccc(C2=C(CCCC)C=C(c3ccc(CCCC)cc3)[N+]2=[N-])c1. The van der Waals surface area contributed by atoms with Gasteiger partial charge >= 0.3 is 0 Å². The second kappa shape index (κ2) is 14.0. The van der Waals surface area contributed by atoms with Gasteiger partial charge in [0.15, 0.2) is 0 Å². The number of nitrogens with zero attached hydrogens (tertiary/aromatic N) is 2. The lowest BCUT2D eigenvalue weighted by Gasteiger charge is -2.11. The number of rotatable bonds is 15. The third kappa shape index (κ3) is 7.26. The smallest absolute Gasteiger partial charge is 0.210 e. The Morgan fingerprint density at radius 1 is 0.618 bits per heavy atom. The second-order valence-corrected chi connectivity index (χ2v) is 9.84. The first-order valence-corrected chi connectivity index (χ1v) is 13.8. The van der Waals surface area contributed by atoms with E-state index in [4.69, 9.17) is 0 Å². The predicted molar refractivity (Wildman–Crippen MR) is 147 cm³/mol. The fraction of sp³-hybridized carbons (Fsp3) is 0.500. The Morgan fingerprint density at radius 2 is 1.26 bits per heavy atom. The Morgan fingerprint density at radius 3 is 2.00 bits per heavy atom. The monoisotopic (exact) mass is 456 g/mol. The van der Waals surface area contributed by atoms with Crippen LogP contribution in [0, 0.1) is 0 Å². The van der Waals surface area contributed by atoms with Crippen LogP contribution in [0.1, 0.15) is 114 Å². The first kappa shape index (κ1) is 26.1. The van der Waals surface area contributed by atoms with Crippen LogP contribution in [0.2, 0.25) is 0 Å². The summed E-state index contributed by atoms with van der Waals surface area (Å²) in [4.78, 5) is 0. The maximum absolute atomic E-state index is 11.3. The molecule has 0 spiro atoms. The van der Waals surface area contributed by atoms with Crippen LogP contribution >= 0.6 is 0 Å². The summed E-state index contributed by atoms with van der Waals surface area (Å²) in [5.74, 6) is 0. The second-order valence-electron chi connectivity index (χ2n) is 9.84. The number of hydrogen-bond donors (Lipinski definition) is 0. The number of hydrogen-bond acceptors (Lipinski definition) is 0. The summed E-state index contributed by atoms with van der Waals surface area (Å²) in [6.45, 7) is 6.73. The molecule has 0 fully saturated rings. The highest BCUT2D eigenvalue weighted by atomic mass is 15.2. The largest absolute Gasteiger partial charge is 0.493 e. The topological polar surface area (TPSA) is 25.3 Å². The lowest BCUT2D eigenvalue weighted by molar-refractivity contribution is -0.344. The van der Waals surface area contributed by atoms with Crippen molar-refractivity contribution in [2.45, 2.75) is 104 Å². The van der Waals surface area contributed by atoms with E-state index in [1.165, 1.54) is 72.8 Å². The number of allylic oxidation sites excluding steroid dienone is 2. The highest BCUT2D eigenvalue weighted by Gasteiger charge is 2.28. The molecule has 1 aliphatic heterocycles. The van der Waals surface area contributed by atoms with Crippen LogP contribution in [0.15, 0.2) is 60.2 Å². The zero-order valence-corrected chi connectivity index (χ0v) is 21.8. The molecule has 1 heterocycles. The van der Waals surface area contributed by atoms with Gasteiger partial charge in [-0.2, -0.15) is 0 Å². The summed E-state index contributed by atoms with van der Waals surface area (Å²) in [5.41, 5.74) is 19.4. The highest BCUT2D eigenvalue weighted by Crippen LogP contribution is 2.37. The molecule has 0 radical (unpaired) electrons. The Balaban J connectivity index is 1.75. The first-order valence-electron chi connectivity index (χ1n) is 13.8. The van der Waals surface area contributed by atoms with Gasteiger partial charge in [0.25, 0.3) is 0 Å². The van der Waals surface area contributed by atoms with E-state index in [0.717, 1.165) is 54.6 Å². The lowest BCUT2D eigenvalue weighted by atomic mass is 9.99. The standard InChI is InChI=1S/C32H44N2/c1-4-7-10-11-12-13-16-27-17-14-19-29(24-27)32-30(18-9-6-3)25-31(34(32)33)28-22-20-26(21-23-28)15-8-5-2/h14,17,19-25H,4-13,15-16,18H2,1-3H3. The van der Waals surface area contributed by atoms with Crippen molar-refractivity contribution in [3.05, 3.63) is 88.0 Å². The van der Waals surface area contributed by atoms with Crippen molar-refractivity contribution in [1.82, 2.24) is 0 Å². The van der Waals surface area contributed by atoms with Gasteiger partial charge in [0.2, 0.25) is 11.4 Å². The van der Waals surface area contributed by atoms with E-state index in [1.807, 2.05) is 0 Å². The number of aryl methyl sites for hydroxylation is 2. The molecule has 0 saturated carbocycles. The summed E-state index contributed by atoms with van der Waals surface area (Å²) < 4.78 is 1.44. The average molecular weight is 457 g/mol. The van der Waals surface area contributed by atoms with Crippen molar-refractivity contribution >= 4 is 11.4 Å². The minimum Gasteiger partial charge on any atom is -0.493 e. The van der Waals surface area contributed by atoms with Crippen LogP contribution in [0.4, 0.5) is 0 Å². The van der Waals surface area contributed by atoms with Gasteiger partial charge in [0.1, 0.15) is 0 Å². The molecule has 1 aliphatic rings. The van der Waals surface area contributed by atoms with E-state index in [-0.39, 0.29) is 0 Å². The van der Waals surface area contributed by atoms with E-state index in [2.05, 4.69) is 75.4 Å². The molecule has 0 bridgehead atoms. The third-order valence-electron chi connectivity index (χ3n) is 6.94. The van der Waals surface area contributed by atoms with E-state index in [9.17, 15) is 5.53 Å². The molecule has 182 valence electrons. The van der Waals surface area contributed by atoms with Gasteiger partial charge in [-0.25, -0.2) is 4.70 Å². The minimum atomic E-state index is 0.893. The van der Waals surface area contributed by atoms with Gasteiger partial charge in [-0.1, -0.05) is 90.0 Å². The summed E-state index contributed by atoms with van der Waals surface area (Å²) in [5, 5.41) is 0. The Kier molecular flexibility index (Phi) is 10.8. The molecule has 3 rings (SSSR count). The number of unbranched alkanes of at least 4 members (excludes halogenated alkanes) is 7. The van der Waals surface area contributed by atoms with Crippen LogP contribution in [0.3, 0.4) is 0 Å². The van der Waals surface area contributed by atoms with Gasteiger partial charge in [0, 0.05) is 22.8 Å². The van der Waals surface area contributed by atoms with Gasteiger partial charge in [0.05, 0.1) is 0 Å². The lowest BCUT2D eigenvalue weighted by Crippen LogP contribution is -2.03. The molecule has 0 aromatic heterocycles. The molecule has 0 unspecified atom stereocenters. The summed E-state index contributed by atoms with van der Waals surface area (Å²) in [7, 11) is 0. The molecule has 2 nitrogen and oxygen atoms in total. The predicted octanol–water partition coefficient (Wildman–Crippen LogP) is 9.92. The van der Waals surface area contributed by atoms with Crippen LogP contribution in [-0.2, 0) is 12.8 Å². The highest BCUT2D eigenvalue weighted by molar-refractivity contribution is 5.78. The van der Waals surface area contributed by atoms with Gasteiger partial charge in [-0.05, 0) is 73.9 Å². The zero-order chi connectivity index (χ0) is 24.2. The Labute approximate surface area is 208 Å². The van der Waals surface area contributed by atoms with Crippen molar-refractivity contribution in [3.63, 3.8) is 0 Å². The van der Waals surface area contributed by atoms with E-state index >= 15 is 0 Å². The summed E-state index contributed by atoms with van der Waals surface area (Å²) in [6.07, 6.45) is 18.0. The average Bonchev–Trinajstić information content (AvgIpc) is 3.20. The quantitative estimate of drug-likeness (QED) is 0.188. The van der Waals surface area contributed by atoms with E-state index in [1.54, 1.807) is 0 Å². The van der Waals surface area contributed by atoms with E-state index in [0.29, 0.717) is 0 Å². The van der Waals surface area contributed by atoms with Crippen molar-refractivity contribution < 1.29 is 4.70 Å². The molecule has 2 aromatic carbocycles. The zero-order valence-electron chi connectivity index (χ0n) is 21.8. The Bertz CT molecular complexity index is 978. The van der Waals surface area contributed by atoms with Crippen LogP contribution in [-0.4, -0.2) is 4.70 Å². The van der Waals surface area contributed by atoms with Crippen LogP contribution in [0.25, 0.3) is 16.9 Å². The molecular weight excluding hydrogens is 412 g/mol. The van der Waals surface area contributed by atoms with E-state index < -0.39 is 0 Å². The van der Waals surface area contributed by atoms with Crippen molar-refractivity contribution in [1.29, 1.82) is 0 Å². The third-order valence-corrected chi connectivity index (χ3v) is 6.94. The van der Waals surface area contributed by atoms with Gasteiger partial charge < -0.3 is 5.53 Å². The summed E-state index contributed by atoms with van der Waals surface area (Å²) >= 11 is 0. The molecule has 0 saturated heterocycles. The maximum Gasteiger partial charge on any atom is 0.210 e. The maximum atomic E-state index is 11.3. The summed E-state index contributed by atoms with van der Waals surface area (Å²) in [6, 6.07) is 17.6. The minimum absolute atomic E-state index is 0.893. The first-order chi connectivity index (χ1) is 16.7. The molecular formula is C32H44N2. The van der Waals surface area contributed by atoms with Crippen LogP contribution in [0.5, 0.6) is 0 Å². The fourth-order valence-corrected chi connectivity index (χ4v) is 4.83. The molecule has 0 aliphatic carbocycles. The van der Waals surface area contributed by atoms with Gasteiger partial charge in [-0.3, -0.25) is 0 Å². The molecule has 2 heteroatoms. The fourth-order valence-electron chi connectivity index (χ4n) is 4.83. The van der Waals surface area contributed by atoms with Gasteiger partial charge in [-0.15, -0.1) is 0 Å². The molecule has 2 aromatic rings. The molecule has 0 N–H and O–H groups in total. The molecule has 34 heavy (non-hydrogen) atoms. The Hall–Kier alpha value is -2.48. The molecule has 0 amide bonds. The molecule has 0 atom stereocenters. The van der Waals surface area contributed by atoms with Crippen LogP contribution < -0.4 is 0 Å². The van der Waals surface area contributed by atoms with Crippen molar-refractivity contribution in [3.8, 4) is 0 Å². The van der Waals surface area contributed by atoms with Crippen molar-refractivity contribution in [2.75, 3.05) is 0 Å². The van der Waals surface area contributed by atoms with Crippen molar-refractivity contribution in [2.24, 2.45) is 0 Å². The normalized spacial score (nSPS) is 13.6.